The van der Waals surface area contributed by atoms with E-state index in [9.17, 15) is 9.59 Å². The van der Waals surface area contributed by atoms with Gasteiger partial charge in [0, 0.05) is 31.6 Å². The van der Waals surface area contributed by atoms with Crippen molar-refractivity contribution in [1.82, 2.24) is 20.0 Å². The third-order valence-electron chi connectivity index (χ3n) is 3.94. The maximum Gasteiger partial charge on any atom is 0.409 e. The first kappa shape index (κ1) is 16.3. The molecule has 0 aliphatic carbocycles. The number of ether oxygens (including phenoxy) is 2. The molecule has 1 N–H and O–H groups in total. The van der Waals surface area contributed by atoms with Crippen molar-refractivity contribution in [3.05, 3.63) is 30.0 Å². The van der Waals surface area contributed by atoms with Crippen molar-refractivity contribution in [3.8, 4) is 0 Å². The summed E-state index contributed by atoms with van der Waals surface area (Å²) in [5.74, 6) is -0.484. The van der Waals surface area contributed by atoms with Gasteiger partial charge in [0.2, 0.25) is 0 Å². The number of hydrogen-bond acceptors (Lipinski definition) is 6. The molecule has 2 aromatic rings. The van der Waals surface area contributed by atoms with Gasteiger partial charge in [-0.3, -0.25) is 4.68 Å². The van der Waals surface area contributed by atoms with Crippen molar-refractivity contribution < 1.29 is 19.1 Å². The first-order chi connectivity index (χ1) is 11.7. The van der Waals surface area contributed by atoms with E-state index in [1.54, 1.807) is 9.58 Å². The van der Waals surface area contributed by atoms with Crippen LogP contribution in [0.2, 0.25) is 0 Å². The summed E-state index contributed by atoms with van der Waals surface area (Å²) in [5.41, 5.74) is 1.07. The van der Waals surface area contributed by atoms with Gasteiger partial charge in [-0.25, -0.2) is 9.59 Å². The number of amides is 1. The third-order valence-corrected chi connectivity index (χ3v) is 3.94. The number of hydrogen-bond donors (Lipinski definition) is 1. The molecule has 0 unspecified atom stereocenters. The lowest BCUT2D eigenvalue weighted by atomic mass is 10.2. The SMILES string of the molecule is COC(=O)c1nn(CCOC(=O)N2CCNCC2)c2ccccc12. The Kier molecular flexibility index (Phi) is 4.95. The van der Waals surface area contributed by atoms with Gasteiger partial charge in [-0.05, 0) is 6.07 Å². The Morgan fingerprint density at radius 1 is 1.25 bits per heavy atom. The zero-order valence-corrected chi connectivity index (χ0v) is 13.5. The highest BCUT2D eigenvalue weighted by Gasteiger charge is 2.19. The molecule has 1 aromatic carbocycles. The normalized spacial score (nSPS) is 14.6. The fourth-order valence-corrected chi connectivity index (χ4v) is 2.70. The van der Waals surface area contributed by atoms with Crippen LogP contribution in [-0.4, -0.2) is 66.6 Å². The molecule has 8 nitrogen and oxygen atoms in total. The van der Waals surface area contributed by atoms with Crippen LogP contribution in [0.4, 0.5) is 4.79 Å². The molecule has 0 spiro atoms. The molecule has 1 aliphatic heterocycles. The van der Waals surface area contributed by atoms with Crippen molar-refractivity contribution in [2.45, 2.75) is 6.54 Å². The molecule has 2 heterocycles. The summed E-state index contributed by atoms with van der Waals surface area (Å²) in [6.45, 7) is 3.42. The number of carbonyl (C=O) groups excluding carboxylic acids is 2. The van der Waals surface area contributed by atoms with Crippen LogP contribution in [0.15, 0.2) is 24.3 Å². The Morgan fingerprint density at radius 2 is 2.00 bits per heavy atom. The number of para-hydroxylation sites is 1. The molecule has 24 heavy (non-hydrogen) atoms. The van der Waals surface area contributed by atoms with E-state index in [0.717, 1.165) is 24.0 Å². The maximum atomic E-state index is 12.0. The summed E-state index contributed by atoms with van der Waals surface area (Å²) in [7, 11) is 1.32. The number of piperazine rings is 1. The number of aromatic nitrogens is 2. The zero-order valence-electron chi connectivity index (χ0n) is 13.5. The summed E-state index contributed by atoms with van der Waals surface area (Å²) in [6.07, 6.45) is -0.318. The van der Waals surface area contributed by atoms with Gasteiger partial charge >= 0.3 is 12.1 Å². The molecular formula is C16H20N4O4. The van der Waals surface area contributed by atoms with Gasteiger partial charge in [0.25, 0.3) is 0 Å². The minimum atomic E-state index is -0.484. The Balaban J connectivity index is 1.67. The average Bonchev–Trinajstić information content (AvgIpc) is 3.01. The Morgan fingerprint density at radius 3 is 2.75 bits per heavy atom. The van der Waals surface area contributed by atoms with Crippen LogP contribution < -0.4 is 5.32 Å². The average molecular weight is 332 g/mol. The number of fused-ring (bicyclic) bond motifs is 1. The molecule has 1 amide bonds. The number of rotatable bonds is 4. The number of nitrogens with one attached hydrogen (secondary N) is 1. The molecular weight excluding hydrogens is 312 g/mol. The van der Waals surface area contributed by atoms with Crippen LogP contribution in [0, 0.1) is 0 Å². The van der Waals surface area contributed by atoms with E-state index in [1.165, 1.54) is 7.11 Å². The van der Waals surface area contributed by atoms with Crippen LogP contribution in [0.3, 0.4) is 0 Å². The van der Waals surface area contributed by atoms with Crippen molar-refractivity contribution in [2.75, 3.05) is 39.9 Å². The Labute approximate surface area is 139 Å². The largest absolute Gasteiger partial charge is 0.464 e. The summed E-state index contributed by atoms with van der Waals surface area (Å²) in [5, 5.41) is 8.20. The predicted octanol–water partition coefficient (Wildman–Crippen LogP) is 0.865. The lowest BCUT2D eigenvalue weighted by Gasteiger charge is -2.26. The molecule has 1 fully saturated rings. The van der Waals surface area contributed by atoms with Crippen LogP contribution in [0.5, 0.6) is 0 Å². The fraction of sp³-hybridized carbons (Fsp3) is 0.438. The molecule has 8 heteroatoms. The van der Waals surface area contributed by atoms with Crippen LogP contribution >= 0.6 is 0 Å². The van der Waals surface area contributed by atoms with Gasteiger partial charge in [0.15, 0.2) is 5.69 Å². The second kappa shape index (κ2) is 7.31. The van der Waals surface area contributed by atoms with Gasteiger partial charge in [-0.15, -0.1) is 0 Å². The molecule has 128 valence electrons. The first-order valence-electron chi connectivity index (χ1n) is 7.87. The van der Waals surface area contributed by atoms with Gasteiger partial charge in [-0.2, -0.15) is 5.10 Å². The van der Waals surface area contributed by atoms with E-state index in [-0.39, 0.29) is 18.4 Å². The molecule has 1 aliphatic rings. The maximum absolute atomic E-state index is 12.0. The first-order valence-corrected chi connectivity index (χ1v) is 7.87. The highest BCUT2D eigenvalue weighted by atomic mass is 16.6. The third kappa shape index (κ3) is 3.33. The Hall–Kier alpha value is -2.61. The van der Waals surface area contributed by atoms with Crippen LogP contribution in [0.1, 0.15) is 10.5 Å². The summed E-state index contributed by atoms with van der Waals surface area (Å²) in [6, 6.07) is 7.39. The molecule has 0 saturated carbocycles. The van der Waals surface area contributed by atoms with Gasteiger partial charge in [0.1, 0.15) is 6.61 Å². The monoisotopic (exact) mass is 332 g/mol. The standard InChI is InChI=1S/C16H20N4O4/c1-23-15(21)14-12-4-2-3-5-13(12)20(18-14)10-11-24-16(22)19-8-6-17-7-9-19/h2-5,17H,6-11H2,1H3. The van der Waals surface area contributed by atoms with E-state index < -0.39 is 5.97 Å². The summed E-state index contributed by atoms with van der Waals surface area (Å²) in [4.78, 5) is 25.5. The van der Waals surface area contributed by atoms with E-state index >= 15 is 0 Å². The predicted molar refractivity (Wildman–Crippen MR) is 86.9 cm³/mol. The van der Waals surface area contributed by atoms with Crippen molar-refractivity contribution in [3.63, 3.8) is 0 Å². The highest BCUT2D eigenvalue weighted by molar-refractivity contribution is 6.02. The van der Waals surface area contributed by atoms with Gasteiger partial charge < -0.3 is 19.7 Å². The Bertz CT molecular complexity index is 737. The number of carbonyl (C=O) groups is 2. The summed E-state index contributed by atoms with van der Waals surface area (Å²) < 4.78 is 11.7. The number of nitrogens with zero attached hydrogens (tertiary/aromatic N) is 3. The lowest BCUT2D eigenvalue weighted by Crippen LogP contribution is -2.46. The van der Waals surface area contributed by atoms with E-state index in [4.69, 9.17) is 9.47 Å². The fourth-order valence-electron chi connectivity index (χ4n) is 2.70. The van der Waals surface area contributed by atoms with Gasteiger partial charge in [-0.1, -0.05) is 18.2 Å². The minimum Gasteiger partial charge on any atom is -0.464 e. The van der Waals surface area contributed by atoms with Crippen LogP contribution in [-0.2, 0) is 16.0 Å². The molecule has 0 radical (unpaired) electrons. The molecule has 1 aromatic heterocycles. The molecule has 0 atom stereocenters. The van der Waals surface area contributed by atoms with Crippen molar-refractivity contribution >= 4 is 23.0 Å². The van der Waals surface area contributed by atoms with Crippen LogP contribution in [0.25, 0.3) is 10.9 Å². The molecule has 0 bridgehead atoms. The lowest BCUT2D eigenvalue weighted by molar-refractivity contribution is 0.0593. The smallest absolute Gasteiger partial charge is 0.409 e. The quantitative estimate of drug-likeness (QED) is 0.836. The van der Waals surface area contributed by atoms with Crippen molar-refractivity contribution in [1.29, 1.82) is 0 Å². The van der Waals surface area contributed by atoms with Crippen molar-refractivity contribution in [2.24, 2.45) is 0 Å². The van der Waals surface area contributed by atoms with E-state index in [2.05, 4.69) is 10.4 Å². The minimum absolute atomic E-state index is 0.190. The zero-order chi connectivity index (χ0) is 16.9. The number of methoxy groups -OCH3 is 1. The topological polar surface area (TPSA) is 85.7 Å². The second-order valence-electron chi connectivity index (χ2n) is 5.43. The molecule has 3 rings (SSSR count). The molecule has 1 saturated heterocycles. The van der Waals surface area contributed by atoms with Gasteiger partial charge in [0.05, 0.1) is 19.2 Å². The van der Waals surface area contributed by atoms with E-state index in [1.807, 2.05) is 24.3 Å². The van der Waals surface area contributed by atoms with E-state index in [0.29, 0.717) is 19.6 Å². The second-order valence-corrected chi connectivity index (χ2v) is 5.43. The highest BCUT2D eigenvalue weighted by Crippen LogP contribution is 2.19. The number of benzene rings is 1. The number of esters is 1. The summed E-state index contributed by atoms with van der Waals surface area (Å²) >= 11 is 0.